The third-order valence-electron chi connectivity index (χ3n) is 3.26. The number of rotatable bonds is 4. The average molecular weight is 311 g/mol. The molecule has 0 fully saturated rings. The van der Waals surface area contributed by atoms with Gasteiger partial charge in [-0.3, -0.25) is 9.97 Å². The molecule has 0 atom stereocenters. The van der Waals surface area contributed by atoms with Crippen molar-refractivity contribution >= 4 is 17.3 Å². The fourth-order valence-electron chi connectivity index (χ4n) is 2.09. The van der Waals surface area contributed by atoms with Crippen LogP contribution in [-0.2, 0) is 6.54 Å². The summed E-state index contributed by atoms with van der Waals surface area (Å²) in [6, 6.07) is 11.7. The molecule has 0 amide bonds. The number of nitrogens with one attached hydrogen (secondary N) is 1. The van der Waals surface area contributed by atoms with Crippen molar-refractivity contribution in [1.29, 1.82) is 0 Å². The third kappa shape index (κ3) is 3.59. The number of anilines is 1. The number of aryl methyl sites for hydroxylation is 1. The zero-order valence-electron chi connectivity index (χ0n) is 12.1. The van der Waals surface area contributed by atoms with Gasteiger partial charge in [0.2, 0.25) is 0 Å². The largest absolute Gasteiger partial charge is 0.379 e. The smallest absolute Gasteiger partial charge is 0.129 e. The van der Waals surface area contributed by atoms with Gasteiger partial charge < -0.3 is 5.32 Å². The predicted octanol–water partition coefficient (Wildman–Crippen LogP) is 4.11. The second kappa shape index (κ2) is 6.54. The van der Waals surface area contributed by atoms with E-state index in [9.17, 15) is 0 Å². The Morgan fingerprint density at radius 3 is 2.36 bits per heavy atom. The van der Waals surface area contributed by atoms with Crippen LogP contribution in [0.25, 0.3) is 11.1 Å². The molecule has 3 aromatic rings. The van der Waals surface area contributed by atoms with Gasteiger partial charge in [0.05, 0.1) is 12.2 Å². The van der Waals surface area contributed by atoms with Crippen molar-refractivity contribution in [3.8, 4) is 11.1 Å². The van der Waals surface area contributed by atoms with E-state index in [1.807, 2.05) is 43.5 Å². The van der Waals surface area contributed by atoms with Crippen LogP contribution in [0.3, 0.4) is 0 Å². The lowest BCUT2D eigenvalue weighted by Gasteiger charge is -2.07. The Morgan fingerprint density at radius 2 is 1.73 bits per heavy atom. The first kappa shape index (κ1) is 14.5. The number of hydrogen-bond donors (Lipinski definition) is 1. The van der Waals surface area contributed by atoms with Crippen LogP contribution in [0.1, 0.15) is 11.4 Å². The normalized spacial score (nSPS) is 10.5. The molecule has 5 heteroatoms. The van der Waals surface area contributed by atoms with Crippen LogP contribution < -0.4 is 5.32 Å². The highest BCUT2D eigenvalue weighted by atomic mass is 35.5. The Bertz CT molecular complexity index is 754. The van der Waals surface area contributed by atoms with Crippen molar-refractivity contribution in [1.82, 2.24) is 15.0 Å². The van der Waals surface area contributed by atoms with Crippen molar-refractivity contribution in [3.63, 3.8) is 0 Å². The fraction of sp³-hybridized carbons (Fsp3) is 0.118. The van der Waals surface area contributed by atoms with Gasteiger partial charge in [-0.2, -0.15) is 0 Å². The number of halogens is 1. The van der Waals surface area contributed by atoms with E-state index in [2.05, 4.69) is 20.3 Å². The van der Waals surface area contributed by atoms with Crippen LogP contribution in [0.5, 0.6) is 0 Å². The van der Waals surface area contributed by atoms with E-state index in [0.29, 0.717) is 11.7 Å². The Hall–Kier alpha value is -2.46. The number of pyridine rings is 3. The molecule has 4 nitrogen and oxygen atoms in total. The molecule has 0 aliphatic rings. The highest BCUT2D eigenvalue weighted by molar-refractivity contribution is 6.29. The summed E-state index contributed by atoms with van der Waals surface area (Å²) in [5.74, 6) is 0. The van der Waals surface area contributed by atoms with Crippen LogP contribution in [-0.4, -0.2) is 15.0 Å². The van der Waals surface area contributed by atoms with Gasteiger partial charge in [0.25, 0.3) is 0 Å². The van der Waals surface area contributed by atoms with Gasteiger partial charge >= 0.3 is 0 Å². The molecule has 0 radical (unpaired) electrons. The maximum Gasteiger partial charge on any atom is 0.129 e. The molecular weight excluding hydrogens is 296 g/mol. The molecule has 3 aromatic heterocycles. The Balaban J connectivity index is 1.68. The summed E-state index contributed by atoms with van der Waals surface area (Å²) in [6.07, 6.45) is 5.39. The molecule has 0 unspecified atom stereocenters. The van der Waals surface area contributed by atoms with Gasteiger partial charge in [0.15, 0.2) is 0 Å². The highest BCUT2D eigenvalue weighted by Crippen LogP contribution is 2.19. The summed E-state index contributed by atoms with van der Waals surface area (Å²) >= 11 is 5.80. The SMILES string of the molecule is Cc1cc(NCc2ccc(-c3ccc(Cl)nc3)cn2)ccn1. The van der Waals surface area contributed by atoms with Gasteiger partial charge in [-0.1, -0.05) is 17.7 Å². The van der Waals surface area contributed by atoms with Gasteiger partial charge in [0.1, 0.15) is 5.15 Å². The monoisotopic (exact) mass is 310 g/mol. The van der Waals surface area contributed by atoms with Crippen LogP contribution >= 0.6 is 11.6 Å². The molecule has 3 rings (SSSR count). The molecule has 0 aliphatic heterocycles. The maximum absolute atomic E-state index is 5.80. The minimum absolute atomic E-state index is 0.491. The highest BCUT2D eigenvalue weighted by Gasteiger charge is 2.01. The van der Waals surface area contributed by atoms with Gasteiger partial charge in [-0.05, 0) is 37.3 Å². The number of hydrogen-bond acceptors (Lipinski definition) is 4. The Morgan fingerprint density at radius 1 is 0.955 bits per heavy atom. The van der Waals surface area contributed by atoms with Crippen LogP contribution in [0, 0.1) is 6.92 Å². The van der Waals surface area contributed by atoms with Gasteiger partial charge in [-0.25, -0.2) is 4.98 Å². The maximum atomic E-state index is 5.80. The molecule has 22 heavy (non-hydrogen) atoms. The van der Waals surface area contributed by atoms with Crippen molar-refractivity contribution in [2.45, 2.75) is 13.5 Å². The second-order valence-corrected chi connectivity index (χ2v) is 5.33. The summed E-state index contributed by atoms with van der Waals surface area (Å²) in [7, 11) is 0. The molecule has 0 bridgehead atoms. The van der Waals surface area contributed by atoms with Gasteiger partial charge in [0, 0.05) is 41.1 Å². The molecule has 0 aliphatic carbocycles. The molecular formula is C17H15ClN4. The van der Waals surface area contributed by atoms with Crippen LogP contribution in [0.4, 0.5) is 5.69 Å². The first-order valence-corrected chi connectivity index (χ1v) is 7.32. The van der Waals surface area contributed by atoms with E-state index in [1.165, 1.54) is 0 Å². The molecule has 1 N–H and O–H groups in total. The minimum atomic E-state index is 0.491. The first-order valence-electron chi connectivity index (χ1n) is 6.94. The summed E-state index contributed by atoms with van der Waals surface area (Å²) in [4.78, 5) is 12.7. The summed E-state index contributed by atoms with van der Waals surface area (Å²) in [6.45, 7) is 2.64. The number of aromatic nitrogens is 3. The molecule has 0 saturated heterocycles. The summed E-state index contributed by atoms with van der Waals surface area (Å²) in [5, 5.41) is 3.83. The minimum Gasteiger partial charge on any atom is -0.379 e. The zero-order valence-corrected chi connectivity index (χ0v) is 12.9. The van der Waals surface area contributed by atoms with Gasteiger partial charge in [-0.15, -0.1) is 0 Å². The molecule has 3 heterocycles. The van der Waals surface area contributed by atoms with E-state index in [4.69, 9.17) is 11.6 Å². The van der Waals surface area contributed by atoms with E-state index in [0.717, 1.165) is 28.2 Å². The Labute approximate surface area is 134 Å². The topological polar surface area (TPSA) is 50.7 Å². The lowest BCUT2D eigenvalue weighted by molar-refractivity contribution is 1.04. The zero-order chi connectivity index (χ0) is 15.4. The predicted molar refractivity (Wildman–Crippen MR) is 88.8 cm³/mol. The lowest BCUT2D eigenvalue weighted by atomic mass is 10.1. The summed E-state index contributed by atoms with van der Waals surface area (Å²) in [5.41, 5.74) is 5.03. The van der Waals surface area contributed by atoms with Crippen LogP contribution in [0.15, 0.2) is 55.0 Å². The Kier molecular flexibility index (Phi) is 4.30. The third-order valence-corrected chi connectivity index (χ3v) is 3.48. The van der Waals surface area contributed by atoms with Crippen molar-refractivity contribution < 1.29 is 0 Å². The van der Waals surface area contributed by atoms with Crippen molar-refractivity contribution in [2.24, 2.45) is 0 Å². The fourth-order valence-corrected chi connectivity index (χ4v) is 2.21. The first-order chi connectivity index (χ1) is 10.7. The van der Waals surface area contributed by atoms with E-state index >= 15 is 0 Å². The molecule has 110 valence electrons. The van der Waals surface area contributed by atoms with Crippen LogP contribution in [0.2, 0.25) is 5.15 Å². The second-order valence-electron chi connectivity index (χ2n) is 4.95. The molecule has 0 spiro atoms. The van der Waals surface area contributed by atoms with E-state index in [1.54, 1.807) is 18.5 Å². The van der Waals surface area contributed by atoms with Crippen molar-refractivity contribution in [3.05, 3.63) is 71.5 Å². The van der Waals surface area contributed by atoms with Crippen molar-refractivity contribution in [2.75, 3.05) is 5.32 Å². The quantitative estimate of drug-likeness (QED) is 0.737. The standard InChI is InChI=1S/C17H15ClN4/c1-12-8-15(6-7-19-12)21-11-16-4-2-13(9-20-16)14-3-5-17(18)22-10-14/h2-10H,11H2,1H3,(H,19,21). The lowest BCUT2D eigenvalue weighted by Crippen LogP contribution is -2.02. The average Bonchev–Trinajstić information content (AvgIpc) is 2.54. The van der Waals surface area contributed by atoms with E-state index < -0.39 is 0 Å². The van der Waals surface area contributed by atoms with E-state index in [-0.39, 0.29) is 0 Å². The number of nitrogens with zero attached hydrogens (tertiary/aromatic N) is 3. The molecule has 0 saturated carbocycles. The molecule has 0 aromatic carbocycles. The summed E-state index contributed by atoms with van der Waals surface area (Å²) < 4.78 is 0.